The van der Waals surface area contributed by atoms with Gasteiger partial charge in [0.05, 0.1) is 5.41 Å². The van der Waals surface area contributed by atoms with Gasteiger partial charge in [-0.2, -0.15) is 4.58 Å². The second kappa shape index (κ2) is 11.7. The fraction of sp³-hybridized carbons (Fsp3) is 0.195. The predicted octanol–water partition coefficient (Wildman–Crippen LogP) is 13.0. The first kappa shape index (κ1) is 35.2. The van der Waals surface area contributed by atoms with Crippen molar-refractivity contribution in [2.45, 2.75) is 38.0 Å². The van der Waals surface area contributed by atoms with Gasteiger partial charge in [-0.1, -0.05) is 103 Å². The zero-order valence-electron chi connectivity index (χ0n) is 28.5. The minimum absolute atomic E-state index is 0.0869. The summed E-state index contributed by atoms with van der Waals surface area (Å²) in [5, 5.41) is 5.28. The van der Waals surface area contributed by atoms with Crippen molar-refractivity contribution in [3.05, 3.63) is 156 Å². The molecule has 7 rings (SSSR count). The van der Waals surface area contributed by atoms with E-state index in [1.54, 1.807) is 0 Å². The number of fused-ring (bicyclic) bond motifs is 6. The van der Waals surface area contributed by atoms with Crippen molar-refractivity contribution in [3.8, 4) is 0 Å². The van der Waals surface area contributed by atoms with Gasteiger partial charge in [0.25, 0.3) is 0 Å². The monoisotopic (exact) mass is 704 g/mol. The minimum atomic E-state index is -10.7. The first-order chi connectivity index (χ1) is 23.3. The molecule has 0 N–H and O–H groups in total. The Morgan fingerprint density at radius 3 is 1.82 bits per heavy atom. The van der Waals surface area contributed by atoms with Crippen LogP contribution < -0.4 is 4.90 Å². The van der Waals surface area contributed by atoms with Crippen molar-refractivity contribution in [2.75, 3.05) is 19.0 Å². The number of likely N-dealkylation sites (N-methyl/N-ethyl adjacent to an activating group) is 1. The van der Waals surface area contributed by atoms with Crippen LogP contribution in [0, 0.1) is 0 Å². The second-order valence-corrected chi connectivity index (χ2v) is 15.7. The van der Waals surface area contributed by atoms with Crippen molar-refractivity contribution in [1.29, 1.82) is 0 Å². The van der Waals surface area contributed by atoms with E-state index in [1.165, 1.54) is 61.0 Å². The number of nitrogens with zero attached hydrogens (tertiary/aromatic N) is 2. The van der Waals surface area contributed by atoms with Gasteiger partial charge in [0.15, 0.2) is 5.71 Å². The molecule has 0 bridgehead atoms. The molecule has 5 aromatic carbocycles. The molecule has 0 amide bonds. The summed E-state index contributed by atoms with van der Waals surface area (Å²) in [6.45, 7) is 7.10. The van der Waals surface area contributed by atoms with Gasteiger partial charge in [0.2, 0.25) is 5.69 Å². The van der Waals surface area contributed by atoms with Gasteiger partial charge in [-0.15, -0.1) is 0 Å². The van der Waals surface area contributed by atoms with E-state index in [9.17, 15) is 25.2 Å². The van der Waals surface area contributed by atoms with Crippen LogP contribution in [-0.2, 0) is 17.3 Å². The average molecular weight is 705 g/mol. The molecule has 1 unspecified atom stereocenters. The van der Waals surface area contributed by atoms with Crippen molar-refractivity contribution in [1.82, 2.24) is 0 Å². The van der Waals surface area contributed by atoms with Gasteiger partial charge in [0.1, 0.15) is 7.05 Å². The third-order valence-electron chi connectivity index (χ3n) is 9.77. The predicted molar refractivity (Wildman–Crippen MR) is 198 cm³/mol. The van der Waals surface area contributed by atoms with Crippen LogP contribution in [0.25, 0.3) is 21.5 Å². The van der Waals surface area contributed by atoms with E-state index in [4.69, 9.17) is 0 Å². The number of hydrogen-bond donors (Lipinski definition) is 0. The Balaban J connectivity index is 0.000000561. The number of halogens is 6. The van der Waals surface area contributed by atoms with Crippen molar-refractivity contribution >= 4 is 46.4 Å². The van der Waals surface area contributed by atoms with Gasteiger partial charge in [-0.25, -0.2) is 0 Å². The molecule has 0 saturated heterocycles. The standard InChI is InChI=1S/C41H39N2.F6P/c1-40(2)36(42(4)34-26-24-30-18-12-14-20-32(30)38(34)40)22-10-7-11-23-37-41(3,28-29-16-8-6-9-17-29)39-33-21-15-13-19-31(33)25-27-35(39)43(37)5;1-7(2,3,4,5)6/h6-27H,28H2,1-5H3;/q+1;-1. The molecule has 9 heteroatoms. The zero-order chi connectivity index (χ0) is 36.2. The van der Waals surface area contributed by atoms with E-state index in [1.807, 2.05) is 0 Å². The maximum absolute atomic E-state index is 10.7. The molecule has 0 aromatic heterocycles. The van der Waals surface area contributed by atoms with E-state index < -0.39 is 7.81 Å². The fourth-order valence-electron chi connectivity index (χ4n) is 7.78. The molecule has 2 aliphatic rings. The van der Waals surface area contributed by atoms with Crippen molar-refractivity contribution in [3.63, 3.8) is 0 Å². The van der Waals surface area contributed by atoms with Crippen molar-refractivity contribution < 1.29 is 29.8 Å². The molecule has 0 spiro atoms. The molecule has 0 saturated carbocycles. The average Bonchev–Trinajstić information content (AvgIpc) is 3.38. The molecule has 0 fully saturated rings. The Kier molecular flexibility index (Phi) is 8.23. The van der Waals surface area contributed by atoms with E-state index in [0.29, 0.717) is 0 Å². The SMILES string of the molecule is CN1C(=CC=CC=CC2=[N+](C)c3ccc4ccccc4c3C2(C)C)C(C)(Cc2ccccc2)c2c1ccc1ccccc21.F[P-](F)(F)(F)(F)F. The molecule has 260 valence electrons. The van der Waals surface area contributed by atoms with Gasteiger partial charge in [-0.05, 0) is 78.1 Å². The Morgan fingerprint density at radius 1 is 0.660 bits per heavy atom. The number of allylic oxidation sites excluding steroid dienone is 6. The number of hydrogen-bond acceptors (Lipinski definition) is 1. The van der Waals surface area contributed by atoms with E-state index in [0.717, 1.165) is 6.42 Å². The Morgan fingerprint density at radius 2 is 1.20 bits per heavy atom. The summed E-state index contributed by atoms with van der Waals surface area (Å²) in [4.78, 5) is 2.39. The van der Waals surface area contributed by atoms with E-state index in [-0.39, 0.29) is 10.8 Å². The van der Waals surface area contributed by atoms with Gasteiger partial charge in [-0.3, -0.25) is 0 Å². The summed E-state index contributed by atoms with van der Waals surface area (Å²) in [7, 11) is -6.25. The summed E-state index contributed by atoms with van der Waals surface area (Å²) in [6.07, 6.45) is 12.1. The first-order valence-electron chi connectivity index (χ1n) is 16.3. The van der Waals surface area contributed by atoms with Crippen LogP contribution in [0.3, 0.4) is 0 Å². The van der Waals surface area contributed by atoms with Crippen LogP contribution in [0.5, 0.6) is 0 Å². The third-order valence-corrected chi connectivity index (χ3v) is 9.77. The topological polar surface area (TPSA) is 6.25 Å². The molecule has 0 aliphatic carbocycles. The number of rotatable bonds is 5. The Bertz CT molecular complexity index is 2240. The fourth-order valence-corrected chi connectivity index (χ4v) is 7.78. The van der Waals surface area contributed by atoms with Crippen LogP contribution in [0.15, 0.2) is 139 Å². The quantitative estimate of drug-likeness (QED) is 0.0764. The number of benzene rings is 5. The van der Waals surface area contributed by atoms with E-state index >= 15 is 0 Å². The maximum atomic E-state index is 9.87. The molecular weight excluding hydrogens is 665 g/mol. The second-order valence-electron chi connectivity index (χ2n) is 13.7. The van der Waals surface area contributed by atoms with Crippen LogP contribution in [0.2, 0.25) is 0 Å². The van der Waals surface area contributed by atoms with Crippen LogP contribution in [0.1, 0.15) is 37.5 Å². The summed E-state index contributed by atoms with van der Waals surface area (Å²) in [5.41, 5.74) is 9.14. The van der Waals surface area contributed by atoms with E-state index in [2.05, 4.69) is 178 Å². The van der Waals surface area contributed by atoms with Gasteiger partial charge < -0.3 is 4.90 Å². The molecule has 2 aliphatic heterocycles. The molecule has 1 atom stereocenters. The Hall–Kier alpha value is -4.68. The third kappa shape index (κ3) is 7.13. The molecule has 50 heavy (non-hydrogen) atoms. The summed E-state index contributed by atoms with van der Waals surface area (Å²) in [6, 6.07) is 37.5. The molecule has 5 aromatic rings. The van der Waals surface area contributed by atoms with Crippen LogP contribution >= 0.6 is 7.81 Å². The zero-order valence-corrected chi connectivity index (χ0v) is 29.4. The van der Waals surface area contributed by atoms with Gasteiger partial charge >= 0.3 is 33.0 Å². The molecule has 2 heterocycles. The Labute approximate surface area is 288 Å². The van der Waals surface area contributed by atoms with Crippen molar-refractivity contribution in [2.24, 2.45) is 0 Å². The first-order valence-corrected chi connectivity index (χ1v) is 18.3. The normalized spacial score (nSPS) is 20.7. The van der Waals surface area contributed by atoms with Gasteiger partial charge in [0, 0.05) is 41.6 Å². The van der Waals surface area contributed by atoms with Crippen LogP contribution in [0.4, 0.5) is 36.6 Å². The summed E-state index contributed by atoms with van der Waals surface area (Å²) < 4.78 is 61.5. The summed E-state index contributed by atoms with van der Waals surface area (Å²) in [5.74, 6) is 0. The van der Waals surface area contributed by atoms with Crippen LogP contribution in [-0.4, -0.2) is 24.4 Å². The molecule has 2 nitrogen and oxygen atoms in total. The summed E-state index contributed by atoms with van der Waals surface area (Å²) >= 11 is 0. The number of anilines is 1. The molecular formula is C41H39F6N2P. The molecule has 0 radical (unpaired) electrons.